The minimum atomic E-state index is -0.476. The highest BCUT2D eigenvalue weighted by molar-refractivity contribution is 5.96. The van der Waals surface area contributed by atoms with Crippen molar-refractivity contribution in [2.45, 2.75) is 19.1 Å². The van der Waals surface area contributed by atoms with Gasteiger partial charge >= 0.3 is 0 Å². The average molecular weight is 192 g/mol. The topological polar surface area (TPSA) is 78.3 Å². The molecule has 0 bridgehead atoms. The summed E-state index contributed by atoms with van der Waals surface area (Å²) in [5.41, 5.74) is 12.3. The zero-order valence-electron chi connectivity index (χ0n) is 7.69. The van der Waals surface area contributed by atoms with Crippen LogP contribution in [-0.4, -0.2) is 12.1 Å². The quantitative estimate of drug-likeness (QED) is 0.675. The Morgan fingerprint density at radius 3 is 3.00 bits per heavy atom. The van der Waals surface area contributed by atoms with E-state index in [0.29, 0.717) is 11.3 Å². The van der Waals surface area contributed by atoms with Gasteiger partial charge in [-0.1, -0.05) is 12.1 Å². The first kappa shape index (κ1) is 9.02. The summed E-state index contributed by atoms with van der Waals surface area (Å²) in [5, 5.41) is 0. The Bertz CT molecular complexity index is 376. The molecule has 2 rings (SSSR count). The van der Waals surface area contributed by atoms with Gasteiger partial charge in [0.05, 0.1) is 5.56 Å². The van der Waals surface area contributed by atoms with Gasteiger partial charge in [-0.15, -0.1) is 0 Å². The maximum Gasteiger partial charge on any atom is 0.252 e. The number of primary amides is 1. The third kappa shape index (κ3) is 1.44. The van der Waals surface area contributed by atoms with E-state index in [9.17, 15) is 4.79 Å². The normalized spacial score (nSPS) is 19.6. The van der Waals surface area contributed by atoms with E-state index in [-0.39, 0.29) is 6.23 Å². The molecule has 4 nitrogen and oxygen atoms in total. The van der Waals surface area contributed by atoms with Crippen molar-refractivity contribution in [2.24, 2.45) is 11.5 Å². The Labute approximate surface area is 81.8 Å². The summed E-state index contributed by atoms with van der Waals surface area (Å²) in [6, 6.07) is 5.38. The molecule has 1 amide bonds. The van der Waals surface area contributed by atoms with E-state index in [2.05, 4.69) is 0 Å². The molecule has 0 aliphatic carbocycles. The molecule has 0 radical (unpaired) electrons. The van der Waals surface area contributed by atoms with Gasteiger partial charge in [-0.2, -0.15) is 0 Å². The number of nitrogens with two attached hydrogens (primary N) is 2. The zero-order chi connectivity index (χ0) is 10.1. The molecule has 1 aliphatic heterocycles. The number of hydrogen-bond acceptors (Lipinski definition) is 3. The van der Waals surface area contributed by atoms with E-state index in [1.807, 2.05) is 6.07 Å². The van der Waals surface area contributed by atoms with Crippen LogP contribution in [0.2, 0.25) is 0 Å². The Balaban J connectivity index is 2.48. The standard InChI is InChI=1S/C10H12N2O2/c11-8-5-4-6-2-1-3-7(10(12)13)9(6)14-8/h1-3,8H,4-5,11H2,(H2,12,13). The van der Waals surface area contributed by atoms with Gasteiger partial charge in [0, 0.05) is 6.42 Å². The molecular weight excluding hydrogens is 180 g/mol. The lowest BCUT2D eigenvalue weighted by Crippen LogP contribution is -2.32. The number of para-hydroxylation sites is 1. The molecule has 1 aliphatic rings. The van der Waals surface area contributed by atoms with Crippen LogP contribution in [0.1, 0.15) is 22.3 Å². The number of benzene rings is 1. The van der Waals surface area contributed by atoms with Crippen molar-refractivity contribution in [2.75, 3.05) is 0 Å². The summed E-state index contributed by atoms with van der Waals surface area (Å²) in [6.45, 7) is 0. The maximum atomic E-state index is 11.1. The van der Waals surface area contributed by atoms with E-state index in [0.717, 1.165) is 18.4 Å². The highest BCUT2D eigenvalue weighted by Gasteiger charge is 2.21. The second-order valence-electron chi connectivity index (χ2n) is 3.35. The van der Waals surface area contributed by atoms with Gasteiger partial charge < -0.3 is 10.5 Å². The lowest BCUT2D eigenvalue weighted by Gasteiger charge is -2.24. The van der Waals surface area contributed by atoms with Crippen LogP contribution >= 0.6 is 0 Å². The van der Waals surface area contributed by atoms with Crippen molar-refractivity contribution in [1.82, 2.24) is 0 Å². The number of rotatable bonds is 1. The number of fused-ring (bicyclic) bond motifs is 1. The van der Waals surface area contributed by atoms with Crippen LogP contribution in [0.15, 0.2) is 18.2 Å². The number of amides is 1. The zero-order valence-corrected chi connectivity index (χ0v) is 7.69. The minimum Gasteiger partial charge on any atom is -0.474 e. The molecule has 1 aromatic rings. The Hall–Kier alpha value is -1.55. The van der Waals surface area contributed by atoms with Crippen LogP contribution in [0.4, 0.5) is 0 Å². The molecule has 0 fully saturated rings. The highest BCUT2D eigenvalue weighted by Crippen LogP contribution is 2.29. The van der Waals surface area contributed by atoms with E-state index < -0.39 is 5.91 Å². The van der Waals surface area contributed by atoms with Crippen LogP contribution in [-0.2, 0) is 6.42 Å². The molecule has 4 N–H and O–H groups in total. The fraction of sp³-hybridized carbons (Fsp3) is 0.300. The first-order chi connectivity index (χ1) is 6.68. The van der Waals surface area contributed by atoms with Crippen LogP contribution in [0.5, 0.6) is 5.75 Å². The van der Waals surface area contributed by atoms with Crippen LogP contribution in [0.3, 0.4) is 0 Å². The summed E-state index contributed by atoms with van der Waals surface area (Å²) in [7, 11) is 0. The molecule has 14 heavy (non-hydrogen) atoms. The van der Waals surface area contributed by atoms with E-state index in [1.54, 1.807) is 12.1 Å². The average Bonchev–Trinajstić information content (AvgIpc) is 2.16. The van der Waals surface area contributed by atoms with Gasteiger partial charge in [-0.05, 0) is 18.1 Å². The molecule has 1 unspecified atom stereocenters. The third-order valence-corrected chi connectivity index (χ3v) is 2.33. The molecule has 1 atom stereocenters. The molecular formula is C10H12N2O2. The highest BCUT2D eigenvalue weighted by atomic mass is 16.5. The van der Waals surface area contributed by atoms with E-state index >= 15 is 0 Å². The second-order valence-corrected chi connectivity index (χ2v) is 3.35. The minimum absolute atomic E-state index is 0.331. The SMILES string of the molecule is NC(=O)c1cccc2c1OC(N)CC2. The number of hydrogen-bond donors (Lipinski definition) is 2. The largest absolute Gasteiger partial charge is 0.474 e. The number of carbonyl (C=O) groups excluding carboxylic acids is 1. The van der Waals surface area contributed by atoms with Crippen molar-refractivity contribution in [3.05, 3.63) is 29.3 Å². The van der Waals surface area contributed by atoms with Gasteiger partial charge in [0.1, 0.15) is 12.0 Å². The number of ether oxygens (including phenoxy) is 1. The molecule has 1 aromatic carbocycles. The molecule has 4 heteroatoms. The third-order valence-electron chi connectivity index (χ3n) is 2.33. The predicted octanol–water partition coefficient (Wildman–Crippen LogP) is 0.395. The fourth-order valence-corrected chi connectivity index (χ4v) is 1.62. The van der Waals surface area contributed by atoms with Crippen molar-refractivity contribution < 1.29 is 9.53 Å². The summed E-state index contributed by atoms with van der Waals surface area (Å²) in [4.78, 5) is 11.1. The lowest BCUT2D eigenvalue weighted by molar-refractivity contribution is 0.0990. The lowest BCUT2D eigenvalue weighted by atomic mass is 10.0. The Morgan fingerprint density at radius 2 is 2.29 bits per heavy atom. The Kier molecular flexibility index (Phi) is 2.13. The first-order valence-corrected chi connectivity index (χ1v) is 4.52. The fourth-order valence-electron chi connectivity index (χ4n) is 1.62. The molecule has 0 spiro atoms. The maximum absolute atomic E-state index is 11.1. The Morgan fingerprint density at radius 1 is 1.50 bits per heavy atom. The van der Waals surface area contributed by atoms with Gasteiger partial charge in [0.25, 0.3) is 5.91 Å². The van der Waals surface area contributed by atoms with Crippen molar-refractivity contribution >= 4 is 5.91 Å². The second kappa shape index (κ2) is 3.31. The molecule has 1 heterocycles. The van der Waals surface area contributed by atoms with Crippen molar-refractivity contribution in [3.8, 4) is 5.75 Å². The predicted molar refractivity (Wildman–Crippen MR) is 51.9 cm³/mol. The van der Waals surface area contributed by atoms with Gasteiger partial charge in [-0.3, -0.25) is 10.5 Å². The van der Waals surface area contributed by atoms with Gasteiger partial charge in [0.2, 0.25) is 0 Å². The number of carbonyl (C=O) groups is 1. The first-order valence-electron chi connectivity index (χ1n) is 4.52. The molecule has 0 aromatic heterocycles. The molecule has 74 valence electrons. The van der Waals surface area contributed by atoms with Crippen LogP contribution < -0.4 is 16.2 Å². The van der Waals surface area contributed by atoms with Crippen molar-refractivity contribution in [3.63, 3.8) is 0 Å². The smallest absolute Gasteiger partial charge is 0.252 e. The molecule has 0 saturated heterocycles. The van der Waals surface area contributed by atoms with Crippen molar-refractivity contribution in [1.29, 1.82) is 0 Å². The van der Waals surface area contributed by atoms with Gasteiger partial charge in [-0.25, -0.2) is 0 Å². The van der Waals surface area contributed by atoms with Crippen LogP contribution in [0, 0.1) is 0 Å². The summed E-state index contributed by atoms with van der Waals surface area (Å²) >= 11 is 0. The van der Waals surface area contributed by atoms with Gasteiger partial charge in [0.15, 0.2) is 0 Å². The van der Waals surface area contributed by atoms with E-state index in [1.165, 1.54) is 0 Å². The summed E-state index contributed by atoms with van der Waals surface area (Å²) in [5.74, 6) is 0.0784. The van der Waals surface area contributed by atoms with E-state index in [4.69, 9.17) is 16.2 Å². The van der Waals surface area contributed by atoms with Crippen LogP contribution in [0.25, 0.3) is 0 Å². The summed E-state index contributed by atoms with van der Waals surface area (Å²) < 4.78 is 5.40. The summed E-state index contributed by atoms with van der Waals surface area (Å²) in [6.07, 6.45) is 1.27. The number of aryl methyl sites for hydroxylation is 1. The monoisotopic (exact) mass is 192 g/mol. The molecule has 0 saturated carbocycles.